The molecule has 0 saturated carbocycles. The average Bonchev–Trinajstić information content (AvgIpc) is 3.08. The maximum Gasteiger partial charge on any atom is 0.238 e. The smallest absolute Gasteiger partial charge is 0.238 e. The van der Waals surface area contributed by atoms with E-state index in [2.05, 4.69) is 27.4 Å². The molecule has 6 nitrogen and oxygen atoms in total. The van der Waals surface area contributed by atoms with Gasteiger partial charge in [0.25, 0.3) is 0 Å². The van der Waals surface area contributed by atoms with Crippen molar-refractivity contribution < 1.29 is 4.52 Å². The predicted octanol–water partition coefficient (Wildman–Crippen LogP) is 1.50. The highest BCUT2D eigenvalue weighted by Gasteiger charge is 2.37. The van der Waals surface area contributed by atoms with Crippen LogP contribution >= 0.6 is 0 Å². The maximum absolute atomic E-state index is 5.53. The van der Waals surface area contributed by atoms with E-state index in [1.165, 1.54) is 0 Å². The summed E-state index contributed by atoms with van der Waals surface area (Å²) in [5.41, 5.74) is 0.0294. The minimum atomic E-state index is 0.0294. The number of rotatable bonds is 3. The second-order valence-corrected chi connectivity index (χ2v) is 5.17. The highest BCUT2D eigenvalue weighted by atomic mass is 16.5. The first-order valence-electron chi connectivity index (χ1n) is 6.78. The zero-order chi connectivity index (χ0) is 13.3. The van der Waals surface area contributed by atoms with Gasteiger partial charge in [-0.1, -0.05) is 12.1 Å². The Bertz CT molecular complexity index is 553. The zero-order valence-corrected chi connectivity index (χ0v) is 11.4. The van der Waals surface area contributed by atoms with Crippen molar-refractivity contribution in [2.24, 2.45) is 7.05 Å². The molecule has 2 aromatic rings. The Labute approximate surface area is 112 Å². The molecule has 102 valence electrons. The standard InChI is InChI=1S/C13H19N5O/c1-3-13(4-6-14-7-5-13)12-16-10(17-19-12)11-15-8-9-18(11)2/h8-9,14H,3-7H2,1-2H3. The van der Waals surface area contributed by atoms with Gasteiger partial charge in [-0.15, -0.1) is 0 Å². The van der Waals surface area contributed by atoms with Crippen LogP contribution in [0.4, 0.5) is 0 Å². The predicted molar refractivity (Wildman–Crippen MR) is 70.6 cm³/mol. The minimum Gasteiger partial charge on any atom is -0.338 e. The number of nitrogens with one attached hydrogen (secondary N) is 1. The van der Waals surface area contributed by atoms with Crippen molar-refractivity contribution in [2.45, 2.75) is 31.6 Å². The quantitative estimate of drug-likeness (QED) is 0.906. The number of hydrogen-bond acceptors (Lipinski definition) is 5. The summed E-state index contributed by atoms with van der Waals surface area (Å²) in [5, 5.41) is 7.48. The highest BCUT2D eigenvalue weighted by molar-refractivity contribution is 5.42. The van der Waals surface area contributed by atoms with Gasteiger partial charge in [-0.05, 0) is 32.4 Å². The van der Waals surface area contributed by atoms with Crippen LogP contribution in [0.25, 0.3) is 11.6 Å². The molecule has 3 rings (SSSR count). The summed E-state index contributed by atoms with van der Waals surface area (Å²) < 4.78 is 7.43. The number of aryl methyl sites for hydroxylation is 1. The number of aromatic nitrogens is 4. The van der Waals surface area contributed by atoms with Crippen LogP contribution in [0.1, 0.15) is 32.1 Å². The Balaban J connectivity index is 1.94. The number of hydrogen-bond donors (Lipinski definition) is 1. The van der Waals surface area contributed by atoms with Crippen molar-refractivity contribution >= 4 is 0 Å². The van der Waals surface area contributed by atoms with E-state index in [-0.39, 0.29) is 5.41 Å². The number of imidazole rings is 1. The van der Waals surface area contributed by atoms with Gasteiger partial charge in [0, 0.05) is 19.4 Å². The lowest BCUT2D eigenvalue weighted by molar-refractivity contribution is 0.216. The van der Waals surface area contributed by atoms with Gasteiger partial charge < -0.3 is 14.4 Å². The molecular formula is C13H19N5O. The third-order valence-electron chi connectivity index (χ3n) is 4.14. The van der Waals surface area contributed by atoms with Gasteiger partial charge in [-0.2, -0.15) is 4.98 Å². The third-order valence-corrected chi connectivity index (χ3v) is 4.14. The van der Waals surface area contributed by atoms with Crippen molar-refractivity contribution in [3.8, 4) is 11.6 Å². The molecular weight excluding hydrogens is 242 g/mol. The van der Waals surface area contributed by atoms with E-state index in [0.717, 1.165) is 44.1 Å². The summed E-state index contributed by atoms with van der Waals surface area (Å²) in [5.74, 6) is 2.08. The fourth-order valence-corrected chi connectivity index (χ4v) is 2.73. The van der Waals surface area contributed by atoms with Gasteiger partial charge in [0.05, 0.1) is 5.41 Å². The van der Waals surface area contributed by atoms with Crippen LogP contribution in [-0.2, 0) is 12.5 Å². The average molecular weight is 261 g/mol. The molecule has 3 heterocycles. The Hall–Kier alpha value is -1.69. The lowest BCUT2D eigenvalue weighted by atomic mass is 9.76. The van der Waals surface area contributed by atoms with Gasteiger partial charge in [0.15, 0.2) is 5.82 Å². The maximum atomic E-state index is 5.53. The molecule has 2 aromatic heterocycles. The SMILES string of the molecule is CCC1(c2nc(-c3nccn3C)no2)CCNCC1. The second-order valence-electron chi connectivity index (χ2n) is 5.17. The van der Waals surface area contributed by atoms with Gasteiger partial charge in [0.2, 0.25) is 11.7 Å². The molecule has 1 aliphatic rings. The Morgan fingerprint density at radius 2 is 2.21 bits per heavy atom. The fraction of sp³-hybridized carbons (Fsp3) is 0.615. The van der Waals surface area contributed by atoms with E-state index < -0.39 is 0 Å². The summed E-state index contributed by atoms with van der Waals surface area (Å²) >= 11 is 0. The fourth-order valence-electron chi connectivity index (χ4n) is 2.73. The molecule has 1 N–H and O–H groups in total. The van der Waals surface area contributed by atoms with Gasteiger partial charge >= 0.3 is 0 Å². The van der Waals surface area contributed by atoms with E-state index in [0.29, 0.717) is 5.82 Å². The normalized spacial score (nSPS) is 18.6. The summed E-state index contributed by atoms with van der Waals surface area (Å²) in [6.07, 6.45) is 6.74. The van der Waals surface area contributed by atoms with Crippen LogP contribution in [0.5, 0.6) is 0 Å². The largest absolute Gasteiger partial charge is 0.338 e. The van der Waals surface area contributed by atoms with Crippen LogP contribution in [-0.4, -0.2) is 32.8 Å². The van der Waals surface area contributed by atoms with Crippen molar-refractivity contribution in [2.75, 3.05) is 13.1 Å². The summed E-state index contributed by atoms with van der Waals surface area (Å²) in [6, 6.07) is 0. The van der Waals surface area contributed by atoms with Crippen molar-refractivity contribution in [3.05, 3.63) is 18.3 Å². The molecule has 0 unspecified atom stereocenters. The molecule has 0 spiro atoms. The van der Waals surface area contributed by atoms with Crippen molar-refractivity contribution in [1.82, 2.24) is 25.0 Å². The molecule has 0 aromatic carbocycles. The summed E-state index contributed by atoms with van der Waals surface area (Å²) in [7, 11) is 1.93. The first-order valence-corrected chi connectivity index (χ1v) is 6.78. The molecule has 0 radical (unpaired) electrons. The van der Waals surface area contributed by atoms with E-state index in [1.807, 2.05) is 17.8 Å². The molecule has 1 saturated heterocycles. The molecule has 1 aliphatic heterocycles. The number of nitrogens with zero attached hydrogens (tertiary/aromatic N) is 4. The monoisotopic (exact) mass is 261 g/mol. The lowest BCUT2D eigenvalue weighted by Gasteiger charge is -2.33. The minimum absolute atomic E-state index is 0.0294. The van der Waals surface area contributed by atoms with Crippen LogP contribution in [0, 0.1) is 0 Å². The van der Waals surface area contributed by atoms with E-state index in [9.17, 15) is 0 Å². The molecule has 1 fully saturated rings. The number of piperidine rings is 1. The van der Waals surface area contributed by atoms with Crippen LogP contribution in [0.3, 0.4) is 0 Å². The first kappa shape index (κ1) is 12.3. The first-order chi connectivity index (χ1) is 9.25. The second kappa shape index (κ2) is 4.77. The van der Waals surface area contributed by atoms with E-state index in [1.54, 1.807) is 6.20 Å². The van der Waals surface area contributed by atoms with Crippen LogP contribution in [0.2, 0.25) is 0 Å². The van der Waals surface area contributed by atoms with E-state index in [4.69, 9.17) is 4.52 Å². The molecule has 0 atom stereocenters. The Morgan fingerprint density at radius 3 is 2.84 bits per heavy atom. The van der Waals surface area contributed by atoms with Gasteiger partial charge in [-0.3, -0.25) is 0 Å². The van der Waals surface area contributed by atoms with E-state index >= 15 is 0 Å². The lowest BCUT2D eigenvalue weighted by Crippen LogP contribution is -2.39. The third kappa shape index (κ3) is 2.06. The molecule has 0 amide bonds. The Kier molecular flexibility index (Phi) is 3.10. The summed E-state index contributed by atoms with van der Waals surface area (Å²) in [4.78, 5) is 8.85. The topological polar surface area (TPSA) is 68.8 Å². The Morgan fingerprint density at radius 1 is 1.42 bits per heavy atom. The van der Waals surface area contributed by atoms with Gasteiger partial charge in [0.1, 0.15) is 0 Å². The molecule has 6 heteroatoms. The van der Waals surface area contributed by atoms with Crippen LogP contribution < -0.4 is 5.32 Å². The molecule has 0 bridgehead atoms. The molecule has 0 aliphatic carbocycles. The zero-order valence-electron chi connectivity index (χ0n) is 11.4. The molecule has 19 heavy (non-hydrogen) atoms. The van der Waals surface area contributed by atoms with Crippen molar-refractivity contribution in [3.63, 3.8) is 0 Å². The van der Waals surface area contributed by atoms with Crippen molar-refractivity contribution in [1.29, 1.82) is 0 Å². The van der Waals surface area contributed by atoms with Crippen LogP contribution in [0.15, 0.2) is 16.9 Å². The summed E-state index contributed by atoms with van der Waals surface area (Å²) in [6.45, 7) is 4.21. The van der Waals surface area contributed by atoms with Gasteiger partial charge in [-0.25, -0.2) is 4.98 Å². The highest BCUT2D eigenvalue weighted by Crippen LogP contribution is 2.36.